The molecule has 0 radical (unpaired) electrons. The van der Waals surface area contributed by atoms with Gasteiger partial charge < -0.3 is 10.4 Å². The summed E-state index contributed by atoms with van der Waals surface area (Å²) in [5.74, 6) is -1.34. The van der Waals surface area contributed by atoms with Crippen molar-refractivity contribution in [1.82, 2.24) is 5.32 Å². The van der Waals surface area contributed by atoms with Crippen LogP contribution in [0.3, 0.4) is 0 Å². The van der Waals surface area contributed by atoms with E-state index in [0.29, 0.717) is 0 Å². The van der Waals surface area contributed by atoms with E-state index in [9.17, 15) is 22.4 Å². The van der Waals surface area contributed by atoms with Crippen molar-refractivity contribution in [2.75, 3.05) is 6.54 Å². The van der Waals surface area contributed by atoms with Gasteiger partial charge >= 0.3 is 6.18 Å². The van der Waals surface area contributed by atoms with Gasteiger partial charge in [0.1, 0.15) is 5.82 Å². The fraction of sp³-hybridized carbons (Fsp3) is 0.214. The maximum Gasteiger partial charge on any atom is 0.416 e. The van der Waals surface area contributed by atoms with Crippen LogP contribution in [-0.2, 0) is 0 Å². The highest BCUT2D eigenvalue weighted by molar-refractivity contribution is 6.07. The number of amides is 1. The maximum absolute atomic E-state index is 13.6. The van der Waals surface area contributed by atoms with Crippen molar-refractivity contribution in [3.8, 4) is 0 Å². The highest BCUT2D eigenvalue weighted by Gasteiger charge is 2.38. The van der Waals surface area contributed by atoms with E-state index in [0.717, 1.165) is 6.07 Å². The number of hydrogen-bond donors (Lipinski definition) is 2. The van der Waals surface area contributed by atoms with Gasteiger partial charge in [0.05, 0.1) is 6.54 Å². The molecule has 21 heavy (non-hydrogen) atoms. The van der Waals surface area contributed by atoms with Crippen LogP contribution < -0.4 is 5.32 Å². The molecule has 0 bridgehead atoms. The van der Waals surface area contributed by atoms with Crippen molar-refractivity contribution in [2.24, 2.45) is 0 Å². The van der Waals surface area contributed by atoms with Gasteiger partial charge in [-0.3, -0.25) is 4.79 Å². The normalized spacial score (nSPS) is 13.2. The van der Waals surface area contributed by atoms with Gasteiger partial charge in [-0.05, 0) is 17.5 Å². The first-order valence-electron chi connectivity index (χ1n) is 6.01. The van der Waals surface area contributed by atoms with Crippen molar-refractivity contribution < 1.29 is 27.5 Å². The number of benzene rings is 2. The Morgan fingerprint density at radius 1 is 1.14 bits per heavy atom. The molecule has 0 saturated heterocycles. The largest absolute Gasteiger partial charge is 0.416 e. The highest BCUT2D eigenvalue weighted by Crippen LogP contribution is 2.22. The average molecular weight is 301 g/mol. The van der Waals surface area contributed by atoms with Gasteiger partial charge in [0.2, 0.25) is 0 Å². The quantitative estimate of drug-likeness (QED) is 0.856. The van der Waals surface area contributed by atoms with E-state index < -0.39 is 30.5 Å². The minimum atomic E-state index is -4.81. The van der Waals surface area contributed by atoms with Gasteiger partial charge in [-0.15, -0.1) is 0 Å². The van der Waals surface area contributed by atoms with Crippen LogP contribution in [0.1, 0.15) is 10.4 Å². The lowest BCUT2D eigenvalue weighted by atomic mass is 10.0. The Labute approximate surface area is 117 Å². The second-order valence-corrected chi connectivity index (χ2v) is 4.41. The predicted molar refractivity (Wildman–Crippen MR) is 68.3 cm³/mol. The van der Waals surface area contributed by atoms with Gasteiger partial charge in [-0.2, -0.15) is 13.2 Å². The van der Waals surface area contributed by atoms with Crippen molar-refractivity contribution >= 4 is 16.7 Å². The second-order valence-electron chi connectivity index (χ2n) is 4.41. The van der Waals surface area contributed by atoms with Gasteiger partial charge in [-0.25, -0.2) is 4.39 Å². The molecule has 0 aromatic heterocycles. The Morgan fingerprint density at radius 3 is 2.38 bits per heavy atom. The van der Waals surface area contributed by atoms with Gasteiger partial charge in [0.15, 0.2) is 6.10 Å². The zero-order chi connectivity index (χ0) is 15.6. The summed E-state index contributed by atoms with van der Waals surface area (Å²) in [5, 5.41) is 11.3. The van der Waals surface area contributed by atoms with Crippen LogP contribution in [0.15, 0.2) is 36.4 Å². The SMILES string of the molecule is O=C(NCC(O)C(F)(F)F)c1ccc(F)c2ccccc12. The Morgan fingerprint density at radius 2 is 1.76 bits per heavy atom. The Bertz CT molecular complexity index is 670. The number of nitrogens with one attached hydrogen (secondary N) is 1. The molecule has 2 aromatic carbocycles. The van der Waals surface area contributed by atoms with Crippen molar-refractivity contribution in [2.45, 2.75) is 12.3 Å². The van der Waals surface area contributed by atoms with Crippen LogP contribution >= 0.6 is 0 Å². The summed E-state index contributed by atoms with van der Waals surface area (Å²) < 4.78 is 50.1. The Hall–Kier alpha value is -2.15. The van der Waals surface area contributed by atoms with Crippen LogP contribution in [0.25, 0.3) is 10.8 Å². The van der Waals surface area contributed by atoms with E-state index in [1.165, 1.54) is 18.2 Å². The first kappa shape index (κ1) is 15.2. The fourth-order valence-electron chi connectivity index (χ4n) is 1.86. The molecule has 0 aliphatic rings. The smallest absolute Gasteiger partial charge is 0.382 e. The highest BCUT2D eigenvalue weighted by atomic mass is 19.4. The third-order valence-electron chi connectivity index (χ3n) is 2.95. The molecule has 112 valence electrons. The van der Waals surface area contributed by atoms with Gasteiger partial charge in [0, 0.05) is 10.9 Å². The van der Waals surface area contributed by atoms with E-state index in [4.69, 9.17) is 5.11 Å². The summed E-state index contributed by atoms with van der Waals surface area (Å²) >= 11 is 0. The molecule has 3 nitrogen and oxygen atoms in total. The van der Waals surface area contributed by atoms with E-state index >= 15 is 0 Å². The van der Waals surface area contributed by atoms with Crippen molar-refractivity contribution in [3.05, 3.63) is 47.8 Å². The molecule has 1 unspecified atom stereocenters. The summed E-state index contributed by atoms with van der Waals surface area (Å²) in [4.78, 5) is 11.9. The third kappa shape index (κ3) is 3.30. The number of carbonyl (C=O) groups excluding carboxylic acids is 1. The Kier molecular flexibility index (Phi) is 4.13. The lowest BCUT2D eigenvalue weighted by molar-refractivity contribution is -0.201. The second kappa shape index (κ2) is 5.69. The summed E-state index contributed by atoms with van der Waals surface area (Å²) in [5.41, 5.74) is 0.0429. The van der Waals surface area contributed by atoms with Crippen molar-refractivity contribution in [3.63, 3.8) is 0 Å². The first-order valence-corrected chi connectivity index (χ1v) is 6.01. The molecule has 1 amide bonds. The molecule has 0 heterocycles. The zero-order valence-electron chi connectivity index (χ0n) is 10.6. The number of alkyl halides is 3. The van der Waals surface area contributed by atoms with Gasteiger partial charge in [-0.1, -0.05) is 24.3 Å². The number of halogens is 4. The minimum absolute atomic E-state index is 0.0429. The molecule has 0 fully saturated rings. The summed E-state index contributed by atoms with van der Waals surface area (Å²) in [6.45, 7) is -0.964. The predicted octanol–water partition coefficient (Wildman–Crippen LogP) is 2.63. The van der Waals surface area contributed by atoms with Gasteiger partial charge in [0.25, 0.3) is 5.91 Å². The van der Waals surface area contributed by atoms with E-state index in [1.807, 2.05) is 5.32 Å². The number of aliphatic hydroxyl groups excluding tert-OH is 1. The molecule has 2 N–H and O–H groups in total. The number of fused-ring (bicyclic) bond motifs is 1. The lowest BCUT2D eigenvalue weighted by Gasteiger charge is -2.15. The molecule has 0 aliphatic carbocycles. The van der Waals surface area contributed by atoms with Crippen LogP contribution in [0, 0.1) is 5.82 Å². The van der Waals surface area contributed by atoms with E-state index in [-0.39, 0.29) is 16.3 Å². The standard InChI is InChI=1S/C14H11F4NO2/c15-11-6-5-10(8-3-1-2-4-9(8)11)13(21)19-7-12(20)14(16,17)18/h1-6,12,20H,7H2,(H,19,21). The summed E-state index contributed by atoms with van der Waals surface area (Å²) in [7, 11) is 0. The molecular weight excluding hydrogens is 290 g/mol. The monoisotopic (exact) mass is 301 g/mol. The Balaban J connectivity index is 2.23. The number of aliphatic hydroxyl groups is 1. The molecule has 2 aromatic rings. The van der Waals surface area contributed by atoms with E-state index in [2.05, 4.69) is 0 Å². The number of carbonyl (C=O) groups is 1. The van der Waals surface area contributed by atoms with Crippen molar-refractivity contribution in [1.29, 1.82) is 0 Å². The van der Waals surface area contributed by atoms with Crippen LogP contribution in [-0.4, -0.2) is 29.8 Å². The molecular formula is C14H11F4NO2. The number of rotatable bonds is 3. The maximum atomic E-state index is 13.6. The molecule has 0 spiro atoms. The third-order valence-corrected chi connectivity index (χ3v) is 2.95. The van der Waals surface area contributed by atoms with E-state index in [1.54, 1.807) is 12.1 Å². The zero-order valence-corrected chi connectivity index (χ0v) is 10.6. The molecule has 1 atom stereocenters. The summed E-state index contributed by atoms with van der Waals surface area (Å²) in [6, 6.07) is 8.38. The molecule has 7 heteroatoms. The summed E-state index contributed by atoms with van der Waals surface area (Å²) in [6.07, 6.45) is -7.45. The molecule has 0 saturated carbocycles. The van der Waals surface area contributed by atoms with Crippen LogP contribution in [0.4, 0.5) is 17.6 Å². The first-order chi connectivity index (χ1) is 9.80. The number of hydrogen-bond acceptors (Lipinski definition) is 2. The van der Waals surface area contributed by atoms with Crippen LogP contribution in [0.5, 0.6) is 0 Å². The molecule has 0 aliphatic heterocycles. The van der Waals surface area contributed by atoms with Crippen LogP contribution in [0.2, 0.25) is 0 Å². The average Bonchev–Trinajstić information content (AvgIpc) is 2.44. The topological polar surface area (TPSA) is 49.3 Å². The molecule has 2 rings (SSSR count). The fourth-order valence-corrected chi connectivity index (χ4v) is 1.86. The lowest BCUT2D eigenvalue weighted by Crippen LogP contribution is -2.40. The minimum Gasteiger partial charge on any atom is -0.382 e.